The Labute approximate surface area is 122 Å². The van der Waals surface area contributed by atoms with Gasteiger partial charge in [-0.05, 0) is 56.4 Å². The molecule has 2 rings (SSSR count). The van der Waals surface area contributed by atoms with Crippen molar-refractivity contribution in [3.05, 3.63) is 37.0 Å². The van der Waals surface area contributed by atoms with Crippen molar-refractivity contribution < 1.29 is 9.53 Å². The van der Waals surface area contributed by atoms with E-state index in [2.05, 4.69) is 32.2 Å². The summed E-state index contributed by atoms with van der Waals surface area (Å²) in [6.07, 6.45) is 12.0. The molecule has 0 aromatic heterocycles. The summed E-state index contributed by atoms with van der Waals surface area (Å²) in [5.41, 5.74) is 1.30. The third-order valence-electron chi connectivity index (χ3n) is 4.65. The molecule has 2 nitrogen and oxygen atoms in total. The van der Waals surface area contributed by atoms with Gasteiger partial charge in [-0.3, -0.25) is 4.79 Å². The van der Waals surface area contributed by atoms with E-state index < -0.39 is 0 Å². The molecule has 0 amide bonds. The molecule has 0 radical (unpaired) electrons. The van der Waals surface area contributed by atoms with Crippen molar-refractivity contribution in [1.29, 1.82) is 0 Å². The number of fused-ring (bicyclic) bond motifs is 1. The average molecular weight is 274 g/mol. The average Bonchev–Trinajstić information content (AvgIpc) is 2.44. The summed E-state index contributed by atoms with van der Waals surface area (Å²) in [6, 6.07) is 0. The van der Waals surface area contributed by atoms with Crippen molar-refractivity contribution in [2.75, 3.05) is 0 Å². The van der Waals surface area contributed by atoms with Crippen LogP contribution in [0.4, 0.5) is 0 Å². The van der Waals surface area contributed by atoms with Gasteiger partial charge in [0.15, 0.2) is 0 Å². The van der Waals surface area contributed by atoms with Crippen LogP contribution in [0.15, 0.2) is 37.0 Å². The van der Waals surface area contributed by atoms with Crippen LogP contribution >= 0.6 is 0 Å². The van der Waals surface area contributed by atoms with Crippen LogP contribution in [0, 0.1) is 17.8 Å². The van der Waals surface area contributed by atoms with Gasteiger partial charge >= 0.3 is 5.97 Å². The molecule has 4 unspecified atom stereocenters. The molecule has 2 heteroatoms. The molecule has 0 N–H and O–H groups in total. The summed E-state index contributed by atoms with van der Waals surface area (Å²) >= 11 is 0. The highest BCUT2D eigenvalue weighted by molar-refractivity contribution is 5.69. The van der Waals surface area contributed by atoms with Gasteiger partial charge in [0.2, 0.25) is 0 Å². The standard InChI is InChI=1S/C18H26O2/c1-4-5-9-18(19)20-15-10-11-17-14(12-15)7-6-8-16(17)13(2)3/h4,10-11,14-17H,1-2,5-9,12H2,3H3. The van der Waals surface area contributed by atoms with Crippen molar-refractivity contribution in [2.45, 2.75) is 51.6 Å². The summed E-state index contributed by atoms with van der Waals surface area (Å²) in [5, 5.41) is 0. The number of carbonyl (C=O) groups excluding carboxylic acids is 1. The first-order valence-electron chi connectivity index (χ1n) is 7.76. The molecule has 1 saturated carbocycles. The third-order valence-corrected chi connectivity index (χ3v) is 4.65. The molecule has 0 spiro atoms. The second kappa shape index (κ2) is 6.92. The lowest BCUT2D eigenvalue weighted by molar-refractivity contribution is -0.148. The molecule has 0 aromatic carbocycles. The van der Waals surface area contributed by atoms with Gasteiger partial charge in [0.05, 0.1) is 0 Å². The molecule has 0 heterocycles. The number of allylic oxidation sites excluding steroid dienone is 3. The first-order valence-corrected chi connectivity index (χ1v) is 7.76. The molecule has 20 heavy (non-hydrogen) atoms. The number of esters is 1. The maximum absolute atomic E-state index is 11.7. The van der Waals surface area contributed by atoms with Gasteiger partial charge in [0.1, 0.15) is 6.10 Å². The second-order valence-corrected chi connectivity index (χ2v) is 6.20. The predicted octanol–water partition coefficient (Wildman–Crippen LogP) is 4.43. The Morgan fingerprint density at radius 3 is 2.90 bits per heavy atom. The van der Waals surface area contributed by atoms with E-state index in [4.69, 9.17) is 4.74 Å². The summed E-state index contributed by atoms with van der Waals surface area (Å²) in [4.78, 5) is 11.7. The molecule has 1 fully saturated rings. The summed E-state index contributed by atoms with van der Waals surface area (Å²) in [7, 11) is 0. The topological polar surface area (TPSA) is 26.3 Å². The molecular weight excluding hydrogens is 248 g/mol. The van der Waals surface area contributed by atoms with E-state index in [0.717, 1.165) is 6.42 Å². The van der Waals surface area contributed by atoms with E-state index in [0.29, 0.717) is 30.6 Å². The normalized spacial score (nSPS) is 32.2. The fourth-order valence-corrected chi connectivity index (χ4v) is 3.62. The van der Waals surface area contributed by atoms with E-state index in [1.54, 1.807) is 6.08 Å². The fraction of sp³-hybridized carbons (Fsp3) is 0.611. The van der Waals surface area contributed by atoms with Gasteiger partial charge in [0, 0.05) is 6.42 Å². The summed E-state index contributed by atoms with van der Waals surface area (Å²) in [6.45, 7) is 9.91. The number of rotatable bonds is 5. The van der Waals surface area contributed by atoms with Gasteiger partial charge in [0.25, 0.3) is 0 Å². The van der Waals surface area contributed by atoms with E-state index in [9.17, 15) is 4.79 Å². The van der Waals surface area contributed by atoms with Crippen molar-refractivity contribution in [3.63, 3.8) is 0 Å². The van der Waals surface area contributed by atoms with Crippen LogP contribution in [-0.2, 0) is 9.53 Å². The lowest BCUT2D eigenvalue weighted by atomic mass is 9.66. The SMILES string of the molecule is C=CCCC(=O)OC1C=CC2C(CCCC2C(=C)C)C1. The molecule has 4 atom stereocenters. The van der Waals surface area contributed by atoms with Crippen LogP contribution in [0.1, 0.15) is 45.4 Å². The molecule has 0 bridgehead atoms. The van der Waals surface area contributed by atoms with Gasteiger partial charge in [-0.25, -0.2) is 0 Å². The van der Waals surface area contributed by atoms with Gasteiger partial charge in [-0.2, -0.15) is 0 Å². The third kappa shape index (κ3) is 3.62. The zero-order valence-electron chi connectivity index (χ0n) is 12.5. The van der Waals surface area contributed by atoms with Crippen molar-refractivity contribution in [1.82, 2.24) is 0 Å². The number of hydrogen-bond donors (Lipinski definition) is 0. The zero-order chi connectivity index (χ0) is 14.5. The molecular formula is C18H26O2. The van der Waals surface area contributed by atoms with Gasteiger partial charge in [-0.15, -0.1) is 6.58 Å². The highest BCUT2D eigenvalue weighted by Gasteiger charge is 2.36. The van der Waals surface area contributed by atoms with Crippen LogP contribution in [0.5, 0.6) is 0 Å². The maximum Gasteiger partial charge on any atom is 0.306 e. The lowest BCUT2D eigenvalue weighted by Gasteiger charge is -2.40. The monoisotopic (exact) mass is 274 g/mol. The van der Waals surface area contributed by atoms with E-state index in [1.807, 2.05) is 0 Å². The van der Waals surface area contributed by atoms with Crippen molar-refractivity contribution in [2.24, 2.45) is 17.8 Å². The summed E-state index contributed by atoms with van der Waals surface area (Å²) < 4.78 is 5.54. The Hall–Kier alpha value is -1.31. The van der Waals surface area contributed by atoms with E-state index in [-0.39, 0.29) is 12.1 Å². The van der Waals surface area contributed by atoms with Crippen molar-refractivity contribution in [3.8, 4) is 0 Å². The van der Waals surface area contributed by atoms with Crippen molar-refractivity contribution >= 4 is 5.97 Å². The van der Waals surface area contributed by atoms with Crippen LogP contribution in [-0.4, -0.2) is 12.1 Å². The minimum absolute atomic E-state index is 0.0302. The highest BCUT2D eigenvalue weighted by atomic mass is 16.5. The Morgan fingerprint density at radius 2 is 2.20 bits per heavy atom. The maximum atomic E-state index is 11.7. The Kier molecular flexibility index (Phi) is 5.22. The smallest absolute Gasteiger partial charge is 0.306 e. The molecule has 0 aromatic rings. The summed E-state index contributed by atoms with van der Waals surface area (Å²) in [5.74, 6) is 1.75. The van der Waals surface area contributed by atoms with Crippen LogP contribution < -0.4 is 0 Å². The second-order valence-electron chi connectivity index (χ2n) is 6.20. The van der Waals surface area contributed by atoms with Gasteiger partial charge in [-0.1, -0.05) is 30.7 Å². The Bertz CT molecular complexity index is 408. The lowest BCUT2D eigenvalue weighted by Crippen LogP contribution is -2.34. The Morgan fingerprint density at radius 1 is 1.40 bits per heavy atom. The number of hydrogen-bond acceptors (Lipinski definition) is 2. The quantitative estimate of drug-likeness (QED) is 0.547. The minimum atomic E-state index is -0.106. The molecule has 0 saturated heterocycles. The van der Waals surface area contributed by atoms with E-state index >= 15 is 0 Å². The molecule has 110 valence electrons. The highest BCUT2D eigenvalue weighted by Crippen LogP contribution is 2.43. The molecule has 2 aliphatic carbocycles. The molecule has 2 aliphatic rings. The van der Waals surface area contributed by atoms with E-state index in [1.165, 1.54) is 24.8 Å². The first-order chi connectivity index (χ1) is 9.61. The zero-order valence-corrected chi connectivity index (χ0v) is 12.5. The van der Waals surface area contributed by atoms with Crippen LogP contribution in [0.25, 0.3) is 0 Å². The number of ether oxygens (including phenoxy) is 1. The fourth-order valence-electron chi connectivity index (χ4n) is 3.62. The van der Waals surface area contributed by atoms with Gasteiger partial charge < -0.3 is 4.74 Å². The van der Waals surface area contributed by atoms with Crippen LogP contribution in [0.2, 0.25) is 0 Å². The number of carbonyl (C=O) groups is 1. The first kappa shape index (κ1) is 15.1. The molecule has 0 aliphatic heterocycles. The predicted molar refractivity (Wildman–Crippen MR) is 82.2 cm³/mol. The van der Waals surface area contributed by atoms with Crippen LogP contribution in [0.3, 0.4) is 0 Å². The Balaban J connectivity index is 1.94. The minimum Gasteiger partial charge on any atom is -0.458 e. The largest absolute Gasteiger partial charge is 0.458 e.